The summed E-state index contributed by atoms with van der Waals surface area (Å²) in [5, 5.41) is 0. The fourth-order valence-corrected chi connectivity index (χ4v) is 2.43. The fraction of sp³-hybridized carbons (Fsp3) is 0.455. The van der Waals surface area contributed by atoms with Gasteiger partial charge in [0, 0.05) is 5.56 Å². The average Bonchev–Trinajstić information content (AvgIpc) is 2.18. The molecular weight excluding hydrogens is 261 g/mol. The van der Waals surface area contributed by atoms with E-state index in [-0.39, 0.29) is 11.7 Å². The standard InChI is InChI=1S/C11H15BrFNO/c1-7(5-6-14)10-8(13)3-4-9(15-2)11(10)12/h3-4,7H,5-6,14H2,1-2H3. The second-order valence-electron chi connectivity index (χ2n) is 3.46. The summed E-state index contributed by atoms with van der Waals surface area (Å²) >= 11 is 3.36. The smallest absolute Gasteiger partial charge is 0.133 e. The maximum Gasteiger partial charge on any atom is 0.133 e. The third kappa shape index (κ3) is 2.69. The summed E-state index contributed by atoms with van der Waals surface area (Å²) in [6.07, 6.45) is 0.753. The molecule has 0 bridgehead atoms. The van der Waals surface area contributed by atoms with Crippen molar-refractivity contribution < 1.29 is 9.13 Å². The normalized spacial score (nSPS) is 12.6. The summed E-state index contributed by atoms with van der Waals surface area (Å²) in [6.45, 7) is 2.50. The van der Waals surface area contributed by atoms with Crippen molar-refractivity contribution in [1.29, 1.82) is 0 Å². The molecule has 0 saturated carbocycles. The van der Waals surface area contributed by atoms with E-state index in [1.807, 2.05) is 6.92 Å². The maximum atomic E-state index is 13.6. The molecule has 1 rings (SSSR count). The first-order valence-corrected chi connectivity index (χ1v) is 5.63. The first-order chi connectivity index (χ1) is 7.11. The number of ether oxygens (including phenoxy) is 1. The van der Waals surface area contributed by atoms with Crippen molar-refractivity contribution in [1.82, 2.24) is 0 Å². The van der Waals surface area contributed by atoms with Crippen LogP contribution in [0.3, 0.4) is 0 Å². The molecule has 2 nitrogen and oxygen atoms in total. The number of nitrogens with two attached hydrogens (primary N) is 1. The van der Waals surface area contributed by atoms with Crippen molar-refractivity contribution >= 4 is 15.9 Å². The molecule has 1 aromatic carbocycles. The van der Waals surface area contributed by atoms with Crippen LogP contribution in [0.2, 0.25) is 0 Å². The van der Waals surface area contributed by atoms with E-state index >= 15 is 0 Å². The Bertz CT molecular complexity index is 344. The van der Waals surface area contributed by atoms with Gasteiger partial charge in [-0.3, -0.25) is 0 Å². The highest BCUT2D eigenvalue weighted by atomic mass is 79.9. The summed E-state index contributed by atoms with van der Waals surface area (Å²) in [6, 6.07) is 3.03. The summed E-state index contributed by atoms with van der Waals surface area (Å²) in [5.41, 5.74) is 6.11. The highest BCUT2D eigenvalue weighted by Crippen LogP contribution is 2.36. The molecule has 0 amide bonds. The first kappa shape index (κ1) is 12.5. The van der Waals surface area contributed by atoms with Crippen LogP contribution in [-0.4, -0.2) is 13.7 Å². The molecule has 0 fully saturated rings. The van der Waals surface area contributed by atoms with Gasteiger partial charge in [-0.05, 0) is 46.9 Å². The van der Waals surface area contributed by atoms with E-state index in [1.165, 1.54) is 6.07 Å². The van der Waals surface area contributed by atoms with Crippen LogP contribution in [0.4, 0.5) is 4.39 Å². The molecule has 0 radical (unpaired) electrons. The van der Waals surface area contributed by atoms with Crippen LogP contribution in [0.25, 0.3) is 0 Å². The predicted molar refractivity (Wildman–Crippen MR) is 62.7 cm³/mol. The minimum atomic E-state index is -0.219. The lowest BCUT2D eigenvalue weighted by atomic mass is 9.97. The first-order valence-electron chi connectivity index (χ1n) is 4.83. The molecular formula is C11H15BrFNO. The van der Waals surface area contributed by atoms with E-state index in [4.69, 9.17) is 10.5 Å². The lowest BCUT2D eigenvalue weighted by Gasteiger charge is -2.15. The minimum absolute atomic E-state index is 0.0828. The quantitative estimate of drug-likeness (QED) is 0.917. The number of hydrogen-bond donors (Lipinski definition) is 1. The Kier molecular flexibility index (Phi) is 4.54. The van der Waals surface area contributed by atoms with Gasteiger partial charge in [-0.25, -0.2) is 4.39 Å². The Morgan fingerprint density at radius 1 is 1.53 bits per heavy atom. The maximum absolute atomic E-state index is 13.6. The van der Waals surface area contributed by atoms with Crippen LogP contribution < -0.4 is 10.5 Å². The van der Waals surface area contributed by atoms with Crippen molar-refractivity contribution in [3.05, 3.63) is 28.0 Å². The fourth-order valence-electron chi connectivity index (χ4n) is 1.55. The van der Waals surface area contributed by atoms with E-state index in [0.29, 0.717) is 22.3 Å². The van der Waals surface area contributed by atoms with Crippen LogP contribution in [0, 0.1) is 5.82 Å². The number of hydrogen-bond acceptors (Lipinski definition) is 2. The van der Waals surface area contributed by atoms with Gasteiger partial charge in [0.2, 0.25) is 0 Å². The molecule has 0 aliphatic heterocycles. The van der Waals surface area contributed by atoms with Crippen molar-refractivity contribution in [2.24, 2.45) is 5.73 Å². The van der Waals surface area contributed by atoms with Gasteiger partial charge in [-0.2, -0.15) is 0 Å². The summed E-state index contributed by atoms with van der Waals surface area (Å²) in [7, 11) is 1.56. The van der Waals surface area contributed by atoms with Crippen molar-refractivity contribution in [3.8, 4) is 5.75 Å². The number of methoxy groups -OCH3 is 1. The average molecular weight is 276 g/mol. The van der Waals surface area contributed by atoms with Crippen molar-refractivity contribution in [2.75, 3.05) is 13.7 Å². The Balaban J connectivity index is 3.14. The molecule has 1 unspecified atom stereocenters. The molecule has 0 aliphatic rings. The summed E-state index contributed by atoms with van der Waals surface area (Å²) in [4.78, 5) is 0. The number of rotatable bonds is 4. The SMILES string of the molecule is COc1ccc(F)c(C(C)CCN)c1Br. The van der Waals surface area contributed by atoms with E-state index in [0.717, 1.165) is 6.42 Å². The van der Waals surface area contributed by atoms with E-state index in [9.17, 15) is 4.39 Å². The highest BCUT2D eigenvalue weighted by molar-refractivity contribution is 9.10. The zero-order valence-electron chi connectivity index (χ0n) is 8.89. The third-order valence-electron chi connectivity index (χ3n) is 2.40. The van der Waals surface area contributed by atoms with Crippen LogP contribution in [-0.2, 0) is 0 Å². The number of halogens is 2. The molecule has 15 heavy (non-hydrogen) atoms. The lowest BCUT2D eigenvalue weighted by molar-refractivity contribution is 0.408. The zero-order valence-corrected chi connectivity index (χ0v) is 10.5. The molecule has 0 aromatic heterocycles. The summed E-state index contributed by atoms with van der Waals surface area (Å²) in [5.74, 6) is 0.512. The molecule has 4 heteroatoms. The highest BCUT2D eigenvalue weighted by Gasteiger charge is 2.17. The van der Waals surface area contributed by atoms with Crippen molar-refractivity contribution in [3.63, 3.8) is 0 Å². The van der Waals surface area contributed by atoms with E-state index < -0.39 is 0 Å². The van der Waals surface area contributed by atoms with Crippen LogP contribution in [0.15, 0.2) is 16.6 Å². The van der Waals surface area contributed by atoms with Crippen molar-refractivity contribution in [2.45, 2.75) is 19.3 Å². The Hall–Kier alpha value is -0.610. The van der Waals surface area contributed by atoms with Crippen LogP contribution >= 0.6 is 15.9 Å². The Morgan fingerprint density at radius 2 is 2.20 bits per heavy atom. The van der Waals surface area contributed by atoms with Gasteiger partial charge in [-0.1, -0.05) is 6.92 Å². The van der Waals surface area contributed by atoms with Gasteiger partial charge >= 0.3 is 0 Å². The molecule has 1 aromatic rings. The molecule has 1 atom stereocenters. The topological polar surface area (TPSA) is 35.2 Å². The van der Waals surface area contributed by atoms with Gasteiger partial charge < -0.3 is 10.5 Å². The van der Waals surface area contributed by atoms with E-state index in [2.05, 4.69) is 15.9 Å². The van der Waals surface area contributed by atoms with Gasteiger partial charge in [0.05, 0.1) is 11.6 Å². The van der Waals surface area contributed by atoms with Crippen LogP contribution in [0.5, 0.6) is 5.75 Å². The Labute approximate surface area is 97.7 Å². The van der Waals surface area contributed by atoms with Gasteiger partial charge in [0.1, 0.15) is 11.6 Å². The van der Waals surface area contributed by atoms with E-state index in [1.54, 1.807) is 13.2 Å². The monoisotopic (exact) mass is 275 g/mol. The lowest BCUT2D eigenvalue weighted by Crippen LogP contribution is -2.07. The summed E-state index contributed by atoms with van der Waals surface area (Å²) < 4.78 is 19.4. The largest absolute Gasteiger partial charge is 0.496 e. The minimum Gasteiger partial charge on any atom is -0.496 e. The van der Waals surface area contributed by atoms with Gasteiger partial charge in [-0.15, -0.1) is 0 Å². The molecule has 84 valence electrons. The molecule has 0 spiro atoms. The number of benzene rings is 1. The second-order valence-corrected chi connectivity index (χ2v) is 4.25. The Morgan fingerprint density at radius 3 is 2.73 bits per heavy atom. The molecule has 0 aliphatic carbocycles. The zero-order chi connectivity index (χ0) is 11.4. The molecule has 0 saturated heterocycles. The molecule has 2 N–H and O–H groups in total. The third-order valence-corrected chi connectivity index (χ3v) is 3.22. The second kappa shape index (κ2) is 5.47. The van der Waals surface area contributed by atoms with Gasteiger partial charge in [0.25, 0.3) is 0 Å². The van der Waals surface area contributed by atoms with Gasteiger partial charge in [0.15, 0.2) is 0 Å². The van der Waals surface area contributed by atoms with Crippen LogP contribution in [0.1, 0.15) is 24.8 Å². The molecule has 0 heterocycles. The predicted octanol–water partition coefficient (Wildman–Crippen LogP) is 3.05.